The SMILES string of the molecule is O=C(c1ccccc1)N(c1ccccc1)n1c(-c2cccc([N+](=O)[O-])c2)csc1=S. The number of carbonyl (C=O) groups excluding carboxylic acids is 1. The highest BCUT2D eigenvalue weighted by molar-refractivity contribution is 7.73. The fourth-order valence-corrected chi connectivity index (χ4v) is 4.11. The van der Waals surface area contributed by atoms with E-state index in [1.807, 2.05) is 36.4 Å². The Kier molecular flexibility index (Phi) is 5.51. The number of non-ortho nitro benzene ring substituents is 1. The Morgan fingerprint density at radius 1 is 0.967 bits per heavy atom. The average molecular weight is 434 g/mol. The number of nitro benzene ring substituents is 1. The van der Waals surface area contributed by atoms with E-state index in [9.17, 15) is 14.9 Å². The van der Waals surface area contributed by atoms with Crippen molar-refractivity contribution in [3.63, 3.8) is 0 Å². The van der Waals surface area contributed by atoms with Crippen molar-refractivity contribution in [3.05, 3.63) is 110 Å². The van der Waals surface area contributed by atoms with Gasteiger partial charge in [0.1, 0.15) is 0 Å². The molecule has 0 unspecified atom stereocenters. The summed E-state index contributed by atoms with van der Waals surface area (Å²) in [5.41, 5.74) is 2.30. The number of anilines is 1. The molecule has 1 heterocycles. The maximum absolute atomic E-state index is 13.5. The molecular formula is C22H15N3O3S2. The van der Waals surface area contributed by atoms with Crippen LogP contribution in [0.3, 0.4) is 0 Å². The Bertz CT molecular complexity index is 1270. The van der Waals surface area contributed by atoms with Crippen LogP contribution < -0.4 is 5.01 Å². The van der Waals surface area contributed by atoms with Gasteiger partial charge in [0.05, 0.1) is 16.3 Å². The van der Waals surface area contributed by atoms with Gasteiger partial charge in [0.25, 0.3) is 11.6 Å². The van der Waals surface area contributed by atoms with Crippen LogP contribution in [0.5, 0.6) is 0 Å². The Morgan fingerprint density at radius 3 is 2.30 bits per heavy atom. The average Bonchev–Trinajstić information content (AvgIpc) is 3.16. The van der Waals surface area contributed by atoms with Crippen LogP contribution in [0.4, 0.5) is 11.4 Å². The molecular weight excluding hydrogens is 418 g/mol. The normalized spacial score (nSPS) is 10.5. The molecule has 0 bridgehead atoms. The van der Waals surface area contributed by atoms with Crippen molar-refractivity contribution in [3.8, 4) is 11.3 Å². The molecule has 0 saturated heterocycles. The number of aromatic nitrogens is 1. The van der Waals surface area contributed by atoms with E-state index < -0.39 is 4.92 Å². The van der Waals surface area contributed by atoms with Crippen LogP contribution in [0.2, 0.25) is 0 Å². The number of hydrogen-bond donors (Lipinski definition) is 0. The van der Waals surface area contributed by atoms with Gasteiger partial charge in [-0.25, -0.2) is 9.69 Å². The summed E-state index contributed by atoms with van der Waals surface area (Å²) >= 11 is 6.85. The molecule has 0 aliphatic carbocycles. The second-order valence-electron chi connectivity index (χ2n) is 6.32. The number of nitro groups is 1. The Balaban J connectivity index is 1.92. The van der Waals surface area contributed by atoms with Crippen LogP contribution in [0.1, 0.15) is 10.4 Å². The number of hydrogen-bond acceptors (Lipinski definition) is 5. The van der Waals surface area contributed by atoms with Gasteiger partial charge < -0.3 is 0 Å². The zero-order valence-electron chi connectivity index (χ0n) is 15.5. The summed E-state index contributed by atoms with van der Waals surface area (Å²) in [4.78, 5) is 24.3. The number of amides is 1. The molecule has 6 nitrogen and oxygen atoms in total. The number of carbonyl (C=O) groups is 1. The molecule has 8 heteroatoms. The molecule has 4 rings (SSSR count). The van der Waals surface area contributed by atoms with Crippen LogP contribution in [0, 0.1) is 14.1 Å². The van der Waals surface area contributed by atoms with Gasteiger partial charge in [0.2, 0.25) is 0 Å². The fraction of sp³-hybridized carbons (Fsp3) is 0. The first-order chi connectivity index (χ1) is 14.6. The molecule has 0 fully saturated rings. The topological polar surface area (TPSA) is 68.4 Å². The predicted molar refractivity (Wildman–Crippen MR) is 120 cm³/mol. The van der Waals surface area contributed by atoms with E-state index in [1.165, 1.54) is 28.5 Å². The molecule has 0 radical (unpaired) electrons. The summed E-state index contributed by atoms with van der Waals surface area (Å²) < 4.78 is 2.08. The Labute approximate surface area is 181 Å². The lowest BCUT2D eigenvalue weighted by Gasteiger charge is -2.26. The molecule has 1 amide bonds. The van der Waals surface area contributed by atoms with E-state index in [1.54, 1.807) is 46.5 Å². The van der Waals surface area contributed by atoms with Crippen molar-refractivity contribution in [2.75, 3.05) is 5.01 Å². The van der Waals surface area contributed by atoms with Gasteiger partial charge in [0, 0.05) is 28.6 Å². The third kappa shape index (κ3) is 3.78. The van der Waals surface area contributed by atoms with Crippen molar-refractivity contribution in [1.29, 1.82) is 0 Å². The Morgan fingerprint density at radius 2 is 1.63 bits per heavy atom. The summed E-state index contributed by atoms with van der Waals surface area (Å²) in [5, 5.41) is 14.5. The minimum atomic E-state index is -0.446. The number of benzene rings is 3. The molecule has 0 aliphatic rings. The summed E-state index contributed by atoms with van der Waals surface area (Å²) in [6, 6.07) is 24.4. The summed E-state index contributed by atoms with van der Waals surface area (Å²) in [7, 11) is 0. The first-order valence-corrected chi connectivity index (χ1v) is 10.3. The first kappa shape index (κ1) is 19.7. The summed E-state index contributed by atoms with van der Waals surface area (Å²) in [5.74, 6) is -0.261. The van der Waals surface area contributed by atoms with Gasteiger partial charge >= 0.3 is 0 Å². The van der Waals surface area contributed by atoms with Crippen molar-refractivity contribution in [2.24, 2.45) is 0 Å². The van der Waals surface area contributed by atoms with Gasteiger partial charge in [-0.05, 0) is 36.5 Å². The zero-order chi connectivity index (χ0) is 21.1. The van der Waals surface area contributed by atoms with E-state index >= 15 is 0 Å². The van der Waals surface area contributed by atoms with E-state index in [0.29, 0.717) is 26.5 Å². The Hall–Kier alpha value is -3.62. The summed E-state index contributed by atoms with van der Waals surface area (Å²) in [6.45, 7) is 0. The lowest BCUT2D eigenvalue weighted by molar-refractivity contribution is -0.384. The smallest absolute Gasteiger partial charge is 0.267 e. The first-order valence-electron chi connectivity index (χ1n) is 8.96. The summed E-state index contributed by atoms with van der Waals surface area (Å²) in [6.07, 6.45) is 0. The molecule has 0 N–H and O–H groups in total. The third-order valence-electron chi connectivity index (χ3n) is 4.44. The molecule has 148 valence electrons. The highest BCUT2D eigenvalue weighted by Crippen LogP contribution is 2.30. The van der Waals surface area contributed by atoms with Crippen LogP contribution in [-0.2, 0) is 0 Å². The highest BCUT2D eigenvalue weighted by atomic mass is 32.1. The molecule has 1 aromatic heterocycles. The van der Waals surface area contributed by atoms with E-state index in [0.717, 1.165) is 0 Å². The quantitative estimate of drug-likeness (QED) is 0.221. The van der Waals surface area contributed by atoms with Gasteiger partial charge in [-0.2, -0.15) is 0 Å². The van der Waals surface area contributed by atoms with E-state index in [-0.39, 0.29) is 11.6 Å². The second kappa shape index (κ2) is 8.40. The van der Waals surface area contributed by atoms with Gasteiger partial charge in [-0.3, -0.25) is 14.9 Å². The lowest BCUT2D eigenvalue weighted by Crippen LogP contribution is -2.36. The van der Waals surface area contributed by atoms with E-state index in [4.69, 9.17) is 12.2 Å². The van der Waals surface area contributed by atoms with Crippen molar-refractivity contribution in [1.82, 2.24) is 4.68 Å². The number of thiazole rings is 1. The second-order valence-corrected chi connectivity index (χ2v) is 7.83. The minimum Gasteiger partial charge on any atom is -0.267 e. The van der Waals surface area contributed by atoms with Crippen molar-refractivity contribution >= 4 is 40.8 Å². The number of nitrogens with zero attached hydrogens (tertiary/aromatic N) is 3. The lowest BCUT2D eigenvalue weighted by atomic mass is 10.1. The largest absolute Gasteiger partial charge is 0.277 e. The maximum atomic E-state index is 13.5. The van der Waals surface area contributed by atoms with Gasteiger partial charge in [0.15, 0.2) is 3.95 Å². The van der Waals surface area contributed by atoms with Gasteiger partial charge in [-0.1, -0.05) is 48.5 Å². The third-order valence-corrected chi connectivity index (χ3v) is 5.62. The van der Waals surface area contributed by atoms with Crippen molar-refractivity contribution in [2.45, 2.75) is 0 Å². The monoisotopic (exact) mass is 433 g/mol. The van der Waals surface area contributed by atoms with Crippen molar-refractivity contribution < 1.29 is 9.72 Å². The maximum Gasteiger partial charge on any atom is 0.277 e. The minimum absolute atomic E-state index is 0.0307. The molecule has 3 aromatic carbocycles. The predicted octanol–water partition coefficient (Wildman–Crippen LogP) is 5.96. The number of para-hydroxylation sites is 1. The van der Waals surface area contributed by atoms with Crippen LogP contribution in [0.15, 0.2) is 90.3 Å². The molecule has 4 aromatic rings. The highest BCUT2D eigenvalue weighted by Gasteiger charge is 2.24. The standard InChI is InChI=1S/C22H15N3O3S2/c26-21(16-8-3-1-4-9-16)23(18-11-5-2-6-12-18)24-20(15-30-22(24)29)17-10-7-13-19(14-17)25(27)28/h1-15H. The fourth-order valence-electron chi connectivity index (χ4n) is 3.06. The van der Waals surface area contributed by atoms with Crippen LogP contribution >= 0.6 is 23.6 Å². The van der Waals surface area contributed by atoms with Crippen LogP contribution in [-0.4, -0.2) is 15.5 Å². The van der Waals surface area contributed by atoms with E-state index in [2.05, 4.69) is 0 Å². The number of rotatable bonds is 5. The molecule has 0 atom stereocenters. The molecule has 0 spiro atoms. The molecule has 30 heavy (non-hydrogen) atoms. The molecule has 0 saturated carbocycles. The van der Waals surface area contributed by atoms with Gasteiger partial charge in [-0.15, -0.1) is 11.3 Å². The zero-order valence-corrected chi connectivity index (χ0v) is 17.2. The van der Waals surface area contributed by atoms with Crippen LogP contribution in [0.25, 0.3) is 11.3 Å². The molecule has 0 aliphatic heterocycles.